The zero-order chi connectivity index (χ0) is 21.7. The first kappa shape index (κ1) is 21.6. The molecule has 0 aliphatic rings. The minimum atomic E-state index is -0.634. The van der Waals surface area contributed by atoms with E-state index in [2.05, 4.69) is 35.8 Å². The number of aliphatic hydroxyl groups excluding tert-OH is 1. The van der Waals surface area contributed by atoms with E-state index in [9.17, 15) is 15.2 Å². The van der Waals surface area contributed by atoms with Gasteiger partial charge in [-0.15, -0.1) is 0 Å². The summed E-state index contributed by atoms with van der Waals surface area (Å²) >= 11 is 0. The van der Waals surface area contributed by atoms with E-state index in [0.717, 1.165) is 12.1 Å². The molecule has 0 aliphatic carbocycles. The van der Waals surface area contributed by atoms with Gasteiger partial charge in [-0.2, -0.15) is 4.98 Å². The molecule has 0 aliphatic heterocycles. The Kier molecular flexibility index (Phi) is 6.59. The van der Waals surface area contributed by atoms with Gasteiger partial charge in [0.1, 0.15) is 0 Å². The zero-order valence-electron chi connectivity index (χ0n) is 17.4. The number of aliphatic hydroxyl groups is 1. The van der Waals surface area contributed by atoms with E-state index in [1.54, 1.807) is 12.1 Å². The van der Waals surface area contributed by atoms with E-state index in [1.165, 1.54) is 12.1 Å². The molecule has 0 fully saturated rings. The molecule has 0 amide bonds. The lowest BCUT2D eigenvalue weighted by Gasteiger charge is -2.30. The third kappa shape index (κ3) is 5.95. The second kappa shape index (κ2) is 9.15. The van der Waals surface area contributed by atoms with Crippen LogP contribution >= 0.6 is 0 Å². The Labute approximate surface area is 175 Å². The minimum Gasteiger partial charge on any atom is -0.387 e. The number of nitrogens with zero attached hydrogens (tertiary/aromatic N) is 4. The van der Waals surface area contributed by atoms with Crippen LogP contribution in [0.5, 0.6) is 0 Å². The predicted molar refractivity (Wildman–Crippen MR) is 113 cm³/mol. The Morgan fingerprint density at radius 2 is 1.80 bits per heavy atom. The molecular formula is C22H26N4O4. The molecule has 0 saturated carbocycles. The molecule has 0 saturated heterocycles. The van der Waals surface area contributed by atoms with Crippen molar-refractivity contribution in [2.75, 3.05) is 13.1 Å². The molecule has 3 aromatic rings. The van der Waals surface area contributed by atoms with Gasteiger partial charge in [0.2, 0.25) is 11.7 Å². The van der Waals surface area contributed by atoms with Crippen LogP contribution in [0.3, 0.4) is 0 Å². The van der Waals surface area contributed by atoms with E-state index < -0.39 is 11.0 Å². The molecule has 8 nitrogen and oxygen atoms in total. The van der Waals surface area contributed by atoms with Crippen LogP contribution < -0.4 is 0 Å². The standard InChI is InChI=1S/C22H26N4O4/c1-22(2,3)15-25(13-19(27)16-7-5-4-6-8-16)14-20-23-21(24-30-20)17-9-11-18(12-10-17)26(28)29/h4-12,19,27H,13-15H2,1-3H3. The molecule has 0 spiro atoms. The molecule has 1 aromatic heterocycles. The van der Waals surface area contributed by atoms with Crippen molar-refractivity contribution in [3.8, 4) is 11.4 Å². The average molecular weight is 410 g/mol. The first-order valence-electron chi connectivity index (χ1n) is 9.74. The van der Waals surface area contributed by atoms with Crippen LogP contribution in [-0.2, 0) is 6.54 Å². The van der Waals surface area contributed by atoms with Crippen molar-refractivity contribution < 1.29 is 14.6 Å². The van der Waals surface area contributed by atoms with Gasteiger partial charge in [-0.25, -0.2) is 0 Å². The fraction of sp³-hybridized carbons (Fsp3) is 0.364. The van der Waals surface area contributed by atoms with Crippen LogP contribution in [0.15, 0.2) is 59.1 Å². The number of aromatic nitrogens is 2. The molecule has 1 unspecified atom stereocenters. The largest absolute Gasteiger partial charge is 0.387 e. The first-order valence-corrected chi connectivity index (χ1v) is 9.74. The van der Waals surface area contributed by atoms with E-state index >= 15 is 0 Å². The van der Waals surface area contributed by atoms with Crippen molar-refractivity contribution in [1.82, 2.24) is 15.0 Å². The lowest BCUT2D eigenvalue weighted by atomic mass is 9.95. The Bertz CT molecular complexity index is 965. The second-order valence-corrected chi connectivity index (χ2v) is 8.47. The van der Waals surface area contributed by atoms with Crippen molar-refractivity contribution in [3.63, 3.8) is 0 Å². The number of rotatable bonds is 8. The lowest BCUT2D eigenvalue weighted by molar-refractivity contribution is -0.384. The summed E-state index contributed by atoms with van der Waals surface area (Å²) in [6.45, 7) is 7.94. The SMILES string of the molecule is CC(C)(C)CN(Cc1nc(-c2ccc([N+](=O)[O-])cc2)no1)CC(O)c1ccccc1. The topological polar surface area (TPSA) is 106 Å². The van der Waals surface area contributed by atoms with Gasteiger partial charge in [-0.05, 0) is 23.1 Å². The first-order chi connectivity index (χ1) is 14.2. The normalized spacial score (nSPS) is 12.8. The van der Waals surface area contributed by atoms with Gasteiger partial charge in [0.25, 0.3) is 5.69 Å². The van der Waals surface area contributed by atoms with Crippen LogP contribution in [0.2, 0.25) is 0 Å². The lowest BCUT2D eigenvalue weighted by Crippen LogP contribution is -2.35. The molecular weight excluding hydrogens is 384 g/mol. The summed E-state index contributed by atoms with van der Waals surface area (Å²) in [7, 11) is 0. The Balaban J connectivity index is 1.73. The predicted octanol–water partition coefficient (Wildman–Crippen LogP) is 4.23. The van der Waals surface area contributed by atoms with E-state index in [4.69, 9.17) is 4.52 Å². The summed E-state index contributed by atoms with van der Waals surface area (Å²) in [5, 5.41) is 25.5. The van der Waals surface area contributed by atoms with Crippen LogP contribution in [0.1, 0.15) is 38.3 Å². The Morgan fingerprint density at radius 1 is 1.13 bits per heavy atom. The highest BCUT2D eigenvalue weighted by Gasteiger charge is 2.22. The maximum atomic E-state index is 10.8. The van der Waals surface area contributed by atoms with Crippen molar-refractivity contribution in [2.24, 2.45) is 5.41 Å². The maximum Gasteiger partial charge on any atom is 0.269 e. The molecule has 3 rings (SSSR count). The fourth-order valence-electron chi connectivity index (χ4n) is 3.24. The molecule has 1 heterocycles. The molecule has 0 bridgehead atoms. The minimum absolute atomic E-state index is 0.00807. The summed E-state index contributed by atoms with van der Waals surface area (Å²) in [4.78, 5) is 16.9. The third-order valence-electron chi connectivity index (χ3n) is 4.48. The number of nitro benzene ring substituents is 1. The molecule has 1 atom stereocenters. The Hall–Kier alpha value is -3.10. The van der Waals surface area contributed by atoms with Crippen molar-refractivity contribution >= 4 is 5.69 Å². The number of hydrogen-bond acceptors (Lipinski definition) is 7. The molecule has 158 valence electrons. The summed E-state index contributed by atoms with van der Waals surface area (Å²) in [6.07, 6.45) is -0.634. The summed E-state index contributed by atoms with van der Waals surface area (Å²) in [6, 6.07) is 15.5. The average Bonchev–Trinajstić information content (AvgIpc) is 3.16. The van der Waals surface area contributed by atoms with Gasteiger partial charge in [-0.1, -0.05) is 56.3 Å². The quantitative estimate of drug-likeness (QED) is 0.438. The smallest absolute Gasteiger partial charge is 0.269 e. The van der Waals surface area contributed by atoms with Crippen LogP contribution in [0.4, 0.5) is 5.69 Å². The van der Waals surface area contributed by atoms with Crippen molar-refractivity contribution in [3.05, 3.63) is 76.2 Å². The van der Waals surface area contributed by atoms with Crippen LogP contribution in [0.25, 0.3) is 11.4 Å². The molecule has 2 aromatic carbocycles. The van der Waals surface area contributed by atoms with Crippen molar-refractivity contribution in [2.45, 2.75) is 33.4 Å². The third-order valence-corrected chi connectivity index (χ3v) is 4.48. The second-order valence-electron chi connectivity index (χ2n) is 8.47. The van der Waals surface area contributed by atoms with E-state index in [0.29, 0.717) is 30.4 Å². The van der Waals surface area contributed by atoms with E-state index in [1.807, 2.05) is 30.3 Å². The molecule has 30 heavy (non-hydrogen) atoms. The summed E-state index contributed by atoms with van der Waals surface area (Å²) in [5.41, 5.74) is 1.52. The zero-order valence-corrected chi connectivity index (χ0v) is 17.4. The van der Waals surface area contributed by atoms with E-state index in [-0.39, 0.29) is 11.1 Å². The molecule has 8 heteroatoms. The van der Waals surface area contributed by atoms with Gasteiger partial charge in [0, 0.05) is 30.8 Å². The van der Waals surface area contributed by atoms with Crippen molar-refractivity contribution in [1.29, 1.82) is 0 Å². The van der Waals surface area contributed by atoms with Gasteiger partial charge >= 0.3 is 0 Å². The fourth-order valence-corrected chi connectivity index (χ4v) is 3.24. The summed E-state index contributed by atoms with van der Waals surface area (Å²) in [5.74, 6) is 0.798. The Morgan fingerprint density at radius 3 is 2.40 bits per heavy atom. The van der Waals surface area contributed by atoms with Gasteiger partial charge < -0.3 is 9.63 Å². The maximum absolute atomic E-state index is 10.8. The highest BCUT2D eigenvalue weighted by molar-refractivity contribution is 5.56. The molecule has 1 N–H and O–H groups in total. The van der Waals surface area contributed by atoms with Gasteiger partial charge in [0.05, 0.1) is 17.6 Å². The number of benzene rings is 2. The van der Waals surface area contributed by atoms with Crippen LogP contribution in [-0.4, -0.2) is 38.2 Å². The number of hydrogen-bond donors (Lipinski definition) is 1. The number of nitro groups is 1. The van der Waals surface area contributed by atoms with Gasteiger partial charge in [-0.3, -0.25) is 15.0 Å². The monoisotopic (exact) mass is 410 g/mol. The molecule has 0 radical (unpaired) electrons. The van der Waals surface area contributed by atoms with Gasteiger partial charge in [0.15, 0.2) is 0 Å². The highest BCUT2D eigenvalue weighted by atomic mass is 16.6. The summed E-state index contributed by atoms with van der Waals surface area (Å²) < 4.78 is 5.41. The van der Waals surface area contributed by atoms with Crippen LogP contribution in [0, 0.1) is 15.5 Å². The number of non-ortho nitro benzene ring substituents is 1. The highest BCUT2D eigenvalue weighted by Crippen LogP contribution is 2.23.